The summed E-state index contributed by atoms with van der Waals surface area (Å²) in [4.78, 5) is 0.735. The van der Waals surface area contributed by atoms with Crippen LogP contribution in [0.3, 0.4) is 0 Å². The van der Waals surface area contributed by atoms with Crippen LogP contribution in [0, 0.1) is 17.3 Å². The van der Waals surface area contributed by atoms with Crippen LogP contribution < -0.4 is 0 Å². The SMILES string of the molecule is [2H]/C(=C\C#CC(C)(C)C)C([2H])([2H])N(Cc1cccc2ccccc12)C([2H])([2H])[2H]. The first kappa shape index (κ1) is 9.87. The Balaban J connectivity index is 2.45. The molecule has 114 valence electrons. The summed E-state index contributed by atoms with van der Waals surface area (Å²) in [6, 6.07) is 12.6. The molecule has 0 N–H and O–H groups in total. The Morgan fingerprint density at radius 2 is 2.00 bits per heavy atom. The van der Waals surface area contributed by atoms with E-state index in [2.05, 4.69) is 11.8 Å². The average Bonchev–Trinajstić information content (AvgIpc) is 2.57. The van der Waals surface area contributed by atoms with E-state index in [1.54, 1.807) is 6.07 Å². The average molecular weight is 297 g/mol. The van der Waals surface area contributed by atoms with E-state index >= 15 is 0 Å². The Labute approximate surface area is 143 Å². The highest BCUT2D eigenvalue weighted by atomic mass is 15.1. The maximum atomic E-state index is 8.35. The summed E-state index contributed by atoms with van der Waals surface area (Å²) in [5, 5.41) is 1.81. The van der Waals surface area contributed by atoms with Crippen LogP contribution in [0.2, 0.25) is 0 Å². The zero-order valence-corrected chi connectivity index (χ0v) is 13.3. The van der Waals surface area contributed by atoms with Gasteiger partial charge < -0.3 is 0 Å². The summed E-state index contributed by atoms with van der Waals surface area (Å²) in [6.07, 6.45) is 1.15. The van der Waals surface area contributed by atoms with Gasteiger partial charge in [0.05, 0.1) is 1.37 Å². The third kappa shape index (κ3) is 5.06. The van der Waals surface area contributed by atoms with E-state index in [9.17, 15) is 0 Å². The summed E-state index contributed by atoms with van der Waals surface area (Å²) in [5.74, 6) is 5.59. The molecule has 0 atom stereocenters. The minimum Gasteiger partial charge on any atom is -0.298 e. The van der Waals surface area contributed by atoms with Crippen LogP contribution in [0.1, 0.15) is 34.6 Å². The van der Waals surface area contributed by atoms with Crippen LogP contribution in [0.5, 0.6) is 0 Å². The van der Waals surface area contributed by atoms with Gasteiger partial charge in [-0.05, 0) is 50.2 Å². The first-order valence-corrected chi connectivity index (χ1v) is 7.27. The predicted octanol–water partition coefficient (Wildman–Crippen LogP) is 4.88. The van der Waals surface area contributed by atoms with Gasteiger partial charge in [0.2, 0.25) is 0 Å². The van der Waals surface area contributed by atoms with E-state index in [0.29, 0.717) is 5.56 Å². The van der Waals surface area contributed by atoms with Crippen LogP contribution in [0.15, 0.2) is 54.6 Å². The fraction of sp³-hybridized carbons (Fsp3) is 0.333. The summed E-state index contributed by atoms with van der Waals surface area (Å²) < 4.78 is 48.3. The number of allylic oxidation sites excluding steroid dienone is 1. The second-order valence-corrected chi connectivity index (χ2v) is 6.14. The van der Waals surface area contributed by atoms with Gasteiger partial charge in [-0.2, -0.15) is 0 Å². The third-order valence-corrected chi connectivity index (χ3v) is 3.00. The van der Waals surface area contributed by atoms with E-state index in [0.717, 1.165) is 21.7 Å². The monoisotopic (exact) mass is 297 g/mol. The molecule has 0 bridgehead atoms. The topological polar surface area (TPSA) is 3.24 Å². The van der Waals surface area contributed by atoms with E-state index in [-0.39, 0.29) is 12.0 Å². The molecule has 0 heterocycles. The van der Waals surface area contributed by atoms with Crippen molar-refractivity contribution in [3.63, 3.8) is 0 Å². The lowest BCUT2D eigenvalue weighted by Gasteiger charge is -2.15. The summed E-state index contributed by atoms with van der Waals surface area (Å²) >= 11 is 0. The van der Waals surface area contributed by atoms with Gasteiger partial charge in [-0.25, -0.2) is 0 Å². The Kier molecular flexibility index (Phi) is 3.27. The molecule has 0 aromatic heterocycles. The van der Waals surface area contributed by atoms with Crippen molar-refractivity contribution in [2.75, 3.05) is 13.5 Å². The van der Waals surface area contributed by atoms with Crippen LogP contribution in [0.4, 0.5) is 0 Å². The van der Waals surface area contributed by atoms with Gasteiger partial charge in [-0.3, -0.25) is 4.90 Å². The maximum Gasteiger partial charge on any atom is 0.0596 e. The molecule has 0 spiro atoms. The molecule has 0 saturated carbocycles. The van der Waals surface area contributed by atoms with Crippen molar-refractivity contribution in [3.8, 4) is 11.8 Å². The van der Waals surface area contributed by atoms with Crippen molar-refractivity contribution in [1.29, 1.82) is 0 Å². The van der Waals surface area contributed by atoms with E-state index in [4.69, 9.17) is 8.22 Å². The zero-order valence-electron chi connectivity index (χ0n) is 19.3. The minimum absolute atomic E-state index is 0.159. The normalized spacial score (nSPS) is 17.5. The summed E-state index contributed by atoms with van der Waals surface area (Å²) in [7, 11) is 0. The predicted molar refractivity (Wildman–Crippen MR) is 96.7 cm³/mol. The molecule has 0 unspecified atom stereocenters. The molecule has 2 aromatic rings. The molecule has 1 heteroatoms. The standard InChI is InChI=1S/C21H25N/c1-21(2,3)15-8-5-9-16-22(4)17-19-13-10-12-18-11-6-7-14-20(18)19/h5-7,9-14H,16-17H2,1-4H3/b9-5+/i4D3,9D,16D2. The van der Waals surface area contributed by atoms with Crippen LogP contribution in [0.25, 0.3) is 10.8 Å². The van der Waals surface area contributed by atoms with Gasteiger partial charge in [0, 0.05) is 25.3 Å². The number of hydrogen-bond acceptors (Lipinski definition) is 1. The molecule has 0 radical (unpaired) electrons. The van der Waals surface area contributed by atoms with Crippen LogP contribution >= 0.6 is 0 Å². The van der Waals surface area contributed by atoms with Crippen molar-refractivity contribution in [2.45, 2.75) is 27.3 Å². The van der Waals surface area contributed by atoms with Gasteiger partial charge in [-0.1, -0.05) is 60.4 Å². The molecule has 2 aromatic carbocycles. The Morgan fingerprint density at radius 3 is 2.77 bits per heavy atom. The Hall–Kier alpha value is -2.04. The second kappa shape index (κ2) is 7.29. The van der Waals surface area contributed by atoms with Gasteiger partial charge in [-0.15, -0.1) is 0 Å². The third-order valence-electron chi connectivity index (χ3n) is 3.00. The molecule has 1 nitrogen and oxygen atoms in total. The molecular weight excluding hydrogens is 266 g/mol. The molecular formula is C21H25N. The molecule has 22 heavy (non-hydrogen) atoms. The van der Waals surface area contributed by atoms with Crippen molar-refractivity contribution >= 4 is 10.8 Å². The molecule has 0 aliphatic rings. The quantitative estimate of drug-likeness (QED) is 0.727. The highest BCUT2D eigenvalue weighted by molar-refractivity contribution is 5.85. The number of rotatable bonds is 4. The number of benzene rings is 2. The zero-order chi connectivity index (χ0) is 21.2. The second-order valence-electron chi connectivity index (χ2n) is 6.14. The van der Waals surface area contributed by atoms with Crippen LogP contribution in [-0.2, 0) is 6.54 Å². The van der Waals surface area contributed by atoms with Gasteiger partial charge in [0.15, 0.2) is 0 Å². The van der Waals surface area contributed by atoms with Gasteiger partial charge >= 0.3 is 0 Å². The number of likely N-dealkylation sites (N-methyl/N-ethyl adjacent to an activating group) is 1. The lowest BCUT2D eigenvalue weighted by Crippen LogP contribution is -2.17. The van der Waals surface area contributed by atoms with E-state index < -0.39 is 19.5 Å². The highest BCUT2D eigenvalue weighted by Gasteiger charge is 2.03. The van der Waals surface area contributed by atoms with Crippen molar-refractivity contribution < 1.29 is 8.22 Å². The smallest absolute Gasteiger partial charge is 0.0596 e. The van der Waals surface area contributed by atoms with E-state index in [1.165, 1.54) is 0 Å². The largest absolute Gasteiger partial charge is 0.298 e. The minimum atomic E-state index is -2.72. The molecule has 0 aliphatic carbocycles. The summed E-state index contributed by atoms with van der Waals surface area (Å²) in [5.41, 5.74) is 0.391. The molecule has 0 saturated heterocycles. The number of fused-ring (bicyclic) bond motifs is 1. The van der Waals surface area contributed by atoms with E-state index in [1.807, 2.05) is 57.2 Å². The van der Waals surface area contributed by atoms with Crippen molar-refractivity contribution in [3.05, 3.63) is 60.2 Å². The van der Waals surface area contributed by atoms with Crippen LogP contribution in [-0.4, -0.2) is 18.4 Å². The lowest BCUT2D eigenvalue weighted by atomic mass is 9.98. The summed E-state index contributed by atoms with van der Waals surface area (Å²) in [6.45, 7) is 0.324. The molecule has 2 rings (SSSR count). The number of nitrogens with zero attached hydrogens (tertiary/aromatic N) is 1. The first-order chi connectivity index (χ1) is 12.8. The van der Waals surface area contributed by atoms with Crippen molar-refractivity contribution in [1.82, 2.24) is 4.90 Å². The highest BCUT2D eigenvalue weighted by Crippen LogP contribution is 2.19. The molecule has 0 fully saturated rings. The van der Waals surface area contributed by atoms with Gasteiger partial charge in [0.25, 0.3) is 0 Å². The lowest BCUT2D eigenvalue weighted by molar-refractivity contribution is 0.365. The number of hydrogen-bond donors (Lipinski definition) is 0. The Morgan fingerprint density at radius 1 is 1.23 bits per heavy atom. The fourth-order valence-electron chi connectivity index (χ4n) is 2.04. The fourth-order valence-corrected chi connectivity index (χ4v) is 2.04. The molecule has 0 amide bonds. The first-order valence-electron chi connectivity index (χ1n) is 10.3. The maximum absolute atomic E-state index is 8.35. The molecule has 0 aliphatic heterocycles. The van der Waals surface area contributed by atoms with Crippen molar-refractivity contribution in [2.24, 2.45) is 5.41 Å². The Bertz CT molecular complexity index is 920. The van der Waals surface area contributed by atoms with Gasteiger partial charge in [0.1, 0.15) is 0 Å².